The van der Waals surface area contributed by atoms with Crippen LogP contribution in [0.15, 0.2) is 60.7 Å². The maximum absolute atomic E-state index is 13.1. The second-order valence-corrected chi connectivity index (χ2v) is 6.52. The highest BCUT2D eigenvalue weighted by atomic mass is 16.2. The van der Waals surface area contributed by atoms with Gasteiger partial charge in [-0.2, -0.15) is 0 Å². The van der Waals surface area contributed by atoms with Gasteiger partial charge >= 0.3 is 0 Å². The second-order valence-electron chi connectivity index (χ2n) is 6.52. The van der Waals surface area contributed by atoms with Gasteiger partial charge in [0.15, 0.2) is 0 Å². The highest BCUT2D eigenvalue weighted by Gasteiger charge is 2.34. The number of rotatable bonds is 3. The molecule has 0 atom stereocenters. The lowest BCUT2D eigenvalue weighted by atomic mass is 9.93. The van der Waals surface area contributed by atoms with Crippen LogP contribution in [0.5, 0.6) is 0 Å². The van der Waals surface area contributed by atoms with E-state index in [0.29, 0.717) is 34.3 Å². The molecule has 0 fully saturated rings. The molecule has 0 radical (unpaired) electrons. The quantitative estimate of drug-likeness (QED) is 0.670. The fraction of sp³-hybridized carbons (Fsp3) is 0.136. The first kappa shape index (κ1) is 17.0. The number of nitrogens with zero attached hydrogens (tertiary/aromatic N) is 2. The number of hydrogen-bond donors (Lipinski definition) is 0. The van der Waals surface area contributed by atoms with Crippen molar-refractivity contribution in [3.05, 3.63) is 77.4 Å². The SMILES string of the molecule is CCN(C)C(=O)c1cccc(N2C(=O)c3cccc4cccc(c34)C2=O)c1. The predicted molar refractivity (Wildman–Crippen MR) is 104 cm³/mol. The summed E-state index contributed by atoms with van der Waals surface area (Å²) in [5.74, 6) is -0.908. The minimum atomic E-state index is -0.377. The van der Waals surface area contributed by atoms with Crippen LogP contribution in [-0.4, -0.2) is 36.2 Å². The number of hydrogen-bond acceptors (Lipinski definition) is 3. The topological polar surface area (TPSA) is 57.7 Å². The van der Waals surface area contributed by atoms with Gasteiger partial charge in [-0.15, -0.1) is 0 Å². The Hall–Kier alpha value is -3.47. The zero-order chi connectivity index (χ0) is 19.1. The largest absolute Gasteiger partial charge is 0.342 e. The highest BCUT2D eigenvalue weighted by Crippen LogP contribution is 2.33. The normalized spacial score (nSPS) is 13.2. The summed E-state index contributed by atoms with van der Waals surface area (Å²) >= 11 is 0. The standard InChI is InChI=1S/C22H18N2O3/c1-3-23(2)20(25)15-9-4-10-16(13-15)24-21(26)17-11-5-7-14-8-6-12-18(19(14)17)22(24)27/h4-13H,3H2,1-2H3. The summed E-state index contributed by atoms with van der Waals surface area (Å²) in [5.41, 5.74) is 1.82. The Bertz CT molecular complexity index is 1050. The zero-order valence-electron chi connectivity index (χ0n) is 15.1. The summed E-state index contributed by atoms with van der Waals surface area (Å²) in [6.45, 7) is 2.46. The lowest BCUT2D eigenvalue weighted by molar-refractivity contribution is 0.0800. The number of carbonyl (C=O) groups is 3. The molecule has 0 N–H and O–H groups in total. The first-order valence-electron chi connectivity index (χ1n) is 8.79. The minimum Gasteiger partial charge on any atom is -0.342 e. The fourth-order valence-electron chi connectivity index (χ4n) is 3.41. The molecule has 134 valence electrons. The molecule has 0 saturated carbocycles. The highest BCUT2D eigenvalue weighted by molar-refractivity contribution is 6.35. The third-order valence-corrected chi connectivity index (χ3v) is 4.94. The van der Waals surface area contributed by atoms with Crippen LogP contribution in [0.4, 0.5) is 5.69 Å². The average molecular weight is 358 g/mol. The summed E-state index contributed by atoms with van der Waals surface area (Å²) in [7, 11) is 1.71. The Morgan fingerprint density at radius 2 is 1.52 bits per heavy atom. The van der Waals surface area contributed by atoms with Crippen LogP contribution in [0.25, 0.3) is 10.8 Å². The first-order valence-corrected chi connectivity index (χ1v) is 8.79. The molecule has 0 bridgehead atoms. The van der Waals surface area contributed by atoms with E-state index in [2.05, 4.69) is 0 Å². The van der Waals surface area contributed by atoms with Crippen LogP contribution < -0.4 is 4.90 Å². The molecule has 1 heterocycles. The lowest BCUT2D eigenvalue weighted by Crippen LogP contribution is -2.40. The molecule has 5 heteroatoms. The third kappa shape index (κ3) is 2.59. The Morgan fingerprint density at radius 3 is 2.11 bits per heavy atom. The van der Waals surface area contributed by atoms with Crippen LogP contribution in [0.3, 0.4) is 0 Å². The van der Waals surface area contributed by atoms with Crippen LogP contribution in [0.2, 0.25) is 0 Å². The number of amides is 3. The number of imide groups is 1. The molecular formula is C22H18N2O3. The van der Waals surface area contributed by atoms with E-state index in [0.717, 1.165) is 10.3 Å². The average Bonchev–Trinajstić information content (AvgIpc) is 2.71. The van der Waals surface area contributed by atoms with Crippen molar-refractivity contribution in [1.82, 2.24) is 4.90 Å². The van der Waals surface area contributed by atoms with Crippen molar-refractivity contribution >= 4 is 34.2 Å². The number of anilines is 1. The molecule has 1 aliphatic rings. The van der Waals surface area contributed by atoms with E-state index in [1.54, 1.807) is 48.3 Å². The van der Waals surface area contributed by atoms with Crippen molar-refractivity contribution in [3.8, 4) is 0 Å². The van der Waals surface area contributed by atoms with Gasteiger partial charge in [0.1, 0.15) is 0 Å². The van der Waals surface area contributed by atoms with Crippen LogP contribution in [0, 0.1) is 0 Å². The molecule has 3 aromatic carbocycles. The van der Waals surface area contributed by atoms with Crippen molar-refractivity contribution in [2.75, 3.05) is 18.5 Å². The fourth-order valence-corrected chi connectivity index (χ4v) is 3.41. The molecule has 0 aliphatic carbocycles. The molecule has 0 aromatic heterocycles. The van der Waals surface area contributed by atoms with Gasteiger partial charge in [0.05, 0.1) is 5.69 Å². The second kappa shape index (κ2) is 6.36. The van der Waals surface area contributed by atoms with Crippen molar-refractivity contribution in [1.29, 1.82) is 0 Å². The van der Waals surface area contributed by atoms with E-state index in [1.165, 1.54) is 0 Å². The van der Waals surface area contributed by atoms with Crippen molar-refractivity contribution < 1.29 is 14.4 Å². The number of carbonyl (C=O) groups excluding carboxylic acids is 3. The summed E-state index contributed by atoms with van der Waals surface area (Å²) in [6, 6.07) is 17.5. The van der Waals surface area contributed by atoms with Gasteiger partial charge in [0.25, 0.3) is 17.7 Å². The van der Waals surface area contributed by atoms with Gasteiger partial charge in [-0.1, -0.05) is 30.3 Å². The molecule has 0 spiro atoms. The molecule has 5 nitrogen and oxygen atoms in total. The Balaban J connectivity index is 1.84. The van der Waals surface area contributed by atoms with Gasteiger partial charge in [-0.25, -0.2) is 4.90 Å². The molecule has 4 rings (SSSR count). The Kier molecular flexibility index (Phi) is 4.00. The molecule has 3 aromatic rings. The smallest absolute Gasteiger partial charge is 0.265 e. The van der Waals surface area contributed by atoms with Crippen LogP contribution >= 0.6 is 0 Å². The molecular weight excluding hydrogens is 340 g/mol. The Morgan fingerprint density at radius 1 is 0.926 bits per heavy atom. The maximum Gasteiger partial charge on any atom is 0.265 e. The predicted octanol–water partition coefficient (Wildman–Crippen LogP) is 3.73. The van der Waals surface area contributed by atoms with Crippen molar-refractivity contribution in [3.63, 3.8) is 0 Å². The van der Waals surface area contributed by atoms with Crippen molar-refractivity contribution in [2.45, 2.75) is 6.92 Å². The monoisotopic (exact) mass is 358 g/mol. The van der Waals surface area contributed by atoms with Gasteiger partial charge in [0.2, 0.25) is 0 Å². The third-order valence-electron chi connectivity index (χ3n) is 4.94. The van der Waals surface area contributed by atoms with Gasteiger partial charge in [0, 0.05) is 35.7 Å². The van der Waals surface area contributed by atoms with Gasteiger partial charge < -0.3 is 4.90 Å². The van der Waals surface area contributed by atoms with E-state index >= 15 is 0 Å². The van der Waals surface area contributed by atoms with Gasteiger partial charge in [-0.05, 0) is 42.6 Å². The molecule has 1 aliphatic heterocycles. The minimum absolute atomic E-state index is 0.154. The van der Waals surface area contributed by atoms with E-state index in [1.807, 2.05) is 31.2 Å². The Labute approximate surface area is 156 Å². The van der Waals surface area contributed by atoms with Crippen molar-refractivity contribution in [2.24, 2.45) is 0 Å². The van der Waals surface area contributed by atoms with E-state index < -0.39 is 0 Å². The zero-order valence-corrected chi connectivity index (χ0v) is 15.1. The summed E-state index contributed by atoms with van der Waals surface area (Å²) in [6.07, 6.45) is 0. The van der Waals surface area contributed by atoms with E-state index in [9.17, 15) is 14.4 Å². The van der Waals surface area contributed by atoms with Crippen LogP contribution in [-0.2, 0) is 0 Å². The van der Waals surface area contributed by atoms with E-state index in [-0.39, 0.29) is 17.7 Å². The molecule has 27 heavy (non-hydrogen) atoms. The lowest BCUT2D eigenvalue weighted by Gasteiger charge is -2.27. The molecule has 0 unspecified atom stereocenters. The first-order chi connectivity index (χ1) is 13.0. The summed E-state index contributed by atoms with van der Waals surface area (Å²) < 4.78 is 0. The summed E-state index contributed by atoms with van der Waals surface area (Å²) in [5, 5.41) is 1.55. The van der Waals surface area contributed by atoms with Gasteiger partial charge in [-0.3, -0.25) is 14.4 Å². The van der Waals surface area contributed by atoms with Crippen LogP contribution in [0.1, 0.15) is 38.0 Å². The molecule has 3 amide bonds. The summed E-state index contributed by atoms with van der Waals surface area (Å²) in [4.78, 5) is 41.4. The molecule has 0 saturated heterocycles. The maximum atomic E-state index is 13.1. The van der Waals surface area contributed by atoms with E-state index in [4.69, 9.17) is 0 Å². The number of benzene rings is 3.